The summed E-state index contributed by atoms with van der Waals surface area (Å²) in [6.45, 7) is 0. The van der Waals surface area contributed by atoms with E-state index >= 15 is 0 Å². The molecule has 8 aromatic carbocycles. The zero-order valence-corrected chi connectivity index (χ0v) is 25.0. The molecule has 46 heavy (non-hydrogen) atoms. The molecule has 0 aliphatic rings. The lowest BCUT2D eigenvalue weighted by atomic mass is 9.98. The Morgan fingerprint density at radius 2 is 0.978 bits per heavy atom. The van der Waals surface area contributed by atoms with Gasteiger partial charge in [0.15, 0.2) is 0 Å². The fourth-order valence-corrected chi connectivity index (χ4v) is 7.54. The first kappa shape index (κ1) is 25.2. The molecule has 10 rings (SSSR count). The Bertz CT molecular complexity index is 2790. The first-order valence-electron chi connectivity index (χ1n) is 15.9. The smallest absolute Gasteiger partial charge is 0.0547 e. The fraction of sp³-hybridized carbons (Fsp3) is 0. The van der Waals surface area contributed by atoms with Crippen LogP contribution in [0.3, 0.4) is 0 Å². The van der Waals surface area contributed by atoms with Gasteiger partial charge in [-0.3, -0.25) is 0 Å². The van der Waals surface area contributed by atoms with Crippen molar-refractivity contribution in [1.29, 1.82) is 0 Å². The van der Waals surface area contributed by atoms with Gasteiger partial charge in [0, 0.05) is 38.3 Å². The third-order valence-corrected chi connectivity index (χ3v) is 9.72. The first-order chi connectivity index (χ1) is 22.8. The maximum atomic E-state index is 3.57. The monoisotopic (exact) mass is 584 g/mol. The highest BCUT2D eigenvalue weighted by atomic mass is 15.0. The van der Waals surface area contributed by atoms with Crippen molar-refractivity contribution in [2.24, 2.45) is 0 Å². The topological polar surface area (TPSA) is 20.7 Å². The van der Waals surface area contributed by atoms with Crippen molar-refractivity contribution < 1.29 is 0 Å². The second kappa shape index (κ2) is 9.69. The van der Waals surface area contributed by atoms with E-state index in [1.54, 1.807) is 0 Å². The van der Waals surface area contributed by atoms with Crippen molar-refractivity contribution in [2.45, 2.75) is 0 Å². The van der Waals surface area contributed by atoms with Crippen molar-refractivity contribution in [1.82, 2.24) is 9.55 Å². The van der Waals surface area contributed by atoms with Crippen molar-refractivity contribution >= 4 is 65.2 Å². The third kappa shape index (κ3) is 3.71. The van der Waals surface area contributed by atoms with Crippen LogP contribution in [0.5, 0.6) is 0 Å². The van der Waals surface area contributed by atoms with Crippen LogP contribution in [0.25, 0.3) is 93.1 Å². The van der Waals surface area contributed by atoms with Crippen molar-refractivity contribution in [3.05, 3.63) is 164 Å². The molecule has 0 saturated carbocycles. The van der Waals surface area contributed by atoms with Crippen LogP contribution in [0.4, 0.5) is 0 Å². The van der Waals surface area contributed by atoms with Crippen LogP contribution < -0.4 is 0 Å². The second-order valence-corrected chi connectivity index (χ2v) is 12.3. The Balaban J connectivity index is 1.18. The number of benzene rings is 8. The van der Waals surface area contributed by atoms with E-state index in [2.05, 4.69) is 173 Å². The summed E-state index contributed by atoms with van der Waals surface area (Å²) in [5.74, 6) is 0. The first-order valence-corrected chi connectivity index (χ1v) is 15.9. The highest BCUT2D eigenvalue weighted by Crippen LogP contribution is 2.40. The molecule has 2 aromatic heterocycles. The van der Waals surface area contributed by atoms with Gasteiger partial charge in [-0.15, -0.1) is 0 Å². The van der Waals surface area contributed by atoms with E-state index < -0.39 is 0 Å². The van der Waals surface area contributed by atoms with Crippen LogP contribution in [-0.2, 0) is 0 Å². The minimum Gasteiger partial charge on any atom is -0.355 e. The second-order valence-electron chi connectivity index (χ2n) is 12.3. The molecule has 0 spiro atoms. The number of rotatable bonds is 3. The van der Waals surface area contributed by atoms with Crippen molar-refractivity contribution in [3.8, 4) is 27.9 Å². The Morgan fingerprint density at radius 3 is 1.83 bits per heavy atom. The van der Waals surface area contributed by atoms with Gasteiger partial charge in [-0.25, -0.2) is 0 Å². The van der Waals surface area contributed by atoms with E-state index in [4.69, 9.17) is 0 Å². The minimum absolute atomic E-state index is 1.16. The number of H-pyrrole nitrogens is 1. The average molecular weight is 585 g/mol. The summed E-state index contributed by atoms with van der Waals surface area (Å²) in [7, 11) is 0. The van der Waals surface area contributed by atoms with E-state index in [1.807, 2.05) is 0 Å². The van der Waals surface area contributed by atoms with E-state index in [0.717, 1.165) is 5.69 Å². The van der Waals surface area contributed by atoms with Gasteiger partial charge in [-0.1, -0.05) is 115 Å². The Hall–Kier alpha value is -6.12. The van der Waals surface area contributed by atoms with Crippen LogP contribution in [0, 0.1) is 0 Å². The number of hydrogen-bond donors (Lipinski definition) is 1. The van der Waals surface area contributed by atoms with Gasteiger partial charge >= 0.3 is 0 Å². The lowest BCUT2D eigenvalue weighted by Gasteiger charge is -2.11. The number of fused-ring (bicyclic) bond motifs is 9. The van der Waals surface area contributed by atoms with E-state index in [1.165, 1.54) is 87.4 Å². The number of nitrogens with zero attached hydrogens (tertiary/aromatic N) is 1. The zero-order valence-electron chi connectivity index (χ0n) is 25.0. The number of para-hydroxylation sites is 1. The Labute approximate surface area is 265 Å². The lowest BCUT2D eigenvalue weighted by Crippen LogP contribution is -1.94. The fourth-order valence-electron chi connectivity index (χ4n) is 7.54. The molecular formula is C44H28N2. The summed E-state index contributed by atoms with van der Waals surface area (Å²) in [5.41, 5.74) is 10.9. The Kier molecular flexibility index (Phi) is 5.31. The summed E-state index contributed by atoms with van der Waals surface area (Å²) in [6.07, 6.45) is 0. The summed E-state index contributed by atoms with van der Waals surface area (Å²) >= 11 is 0. The molecule has 10 aromatic rings. The molecule has 0 radical (unpaired) electrons. The van der Waals surface area contributed by atoms with E-state index in [9.17, 15) is 0 Å². The molecule has 0 saturated heterocycles. The van der Waals surface area contributed by atoms with Gasteiger partial charge in [0.2, 0.25) is 0 Å². The predicted octanol–water partition coefficient (Wildman–Crippen LogP) is 12.1. The van der Waals surface area contributed by atoms with Crippen LogP contribution in [-0.4, -0.2) is 9.55 Å². The van der Waals surface area contributed by atoms with Gasteiger partial charge < -0.3 is 9.55 Å². The molecule has 0 unspecified atom stereocenters. The highest BCUT2D eigenvalue weighted by molar-refractivity contribution is 6.22. The maximum Gasteiger partial charge on any atom is 0.0547 e. The van der Waals surface area contributed by atoms with E-state index in [0.29, 0.717) is 0 Å². The molecule has 0 amide bonds. The van der Waals surface area contributed by atoms with Crippen LogP contribution in [0.2, 0.25) is 0 Å². The molecule has 1 N–H and O–H groups in total. The largest absolute Gasteiger partial charge is 0.355 e. The SMILES string of the molecule is c1ccc2c(-c3ccc(-n4c5ccc(-c6ccc7[nH]c8ccccc8c7c6)cc5c5c6ccccc6ccc54)cc3)cccc2c1. The summed E-state index contributed by atoms with van der Waals surface area (Å²) in [4.78, 5) is 3.57. The van der Waals surface area contributed by atoms with Crippen molar-refractivity contribution in [3.63, 3.8) is 0 Å². The van der Waals surface area contributed by atoms with Gasteiger partial charge in [0.25, 0.3) is 0 Å². The van der Waals surface area contributed by atoms with Gasteiger partial charge in [0.1, 0.15) is 0 Å². The van der Waals surface area contributed by atoms with Gasteiger partial charge in [-0.05, 0) is 92.3 Å². The zero-order chi connectivity index (χ0) is 30.2. The van der Waals surface area contributed by atoms with Crippen LogP contribution in [0.1, 0.15) is 0 Å². The molecule has 0 fully saturated rings. The van der Waals surface area contributed by atoms with Crippen molar-refractivity contribution in [2.75, 3.05) is 0 Å². The molecule has 0 bridgehead atoms. The number of aromatic amines is 1. The van der Waals surface area contributed by atoms with Gasteiger partial charge in [0.05, 0.1) is 11.0 Å². The predicted molar refractivity (Wildman–Crippen MR) is 196 cm³/mol. The number of nitrogens with one attached hydrogen (secondary N) is 1. The lowest BCUT2D eigenvalue weighted by molar-refractivity contribution is 1.18. The maximum absolute atomic E-state index is 3.57. The highest BCUT2D eigenvalue weighted by Gasteiger charge is 2.17. The summed E-state index contributed by atoms with van der Waals surface area (Å²) < 4.78 is 2.43. The minimum atomic E-state index is 1.16. The van der Waals surface area contributed by atoms with Crippen LogP contribution in [0.15, 0.2) is 164 Å². The molecule has 0 atom stereocenters. The molecule has 2 nitrogen and oxygen atoms in total. The van der Waals surface area contributed by atoms with Crippen LogP contribution >= 0.6 is 0 Å². The number of aromatic nitrogens is 2. The normalized spacial score (nSPS) is 11.9. The molecule has 2 heteroatoms. The van der Waals surface area contributed by atoms with Gasteiger partial charge in [-0.2, -0.15) is 0 Å². The third-order valence-electron chi connectivity index (χ3n) is 9.72. The Morgan fingerprint density at radius 1 is 0.370 bits per heavy atom. The average Bonchev–Trinajstić information content (AvgIpc) is 3.66. The summed E-state index contributed by atoms with van der Waals surface area (Å²) in [6, 6.07) is 59.8. The number of hydrogen-bond acceptors (Lipinski definition) is 0. The molecule has 0 aliphatic carbocycles. The standard InChI is InChI=1S/C44H28N2/c1-3-11-34-28(8-1)10-7-14-35(34)30-16-21-33(22-17-30)46-42-24-20-32(27-39(42)44-36-12-4-2-9-29(36)19-25-43(44)46)31-18-23-41-38(26-31)37-13-5-6-15-40(37)45-41/h1-27,45H. The molecule has 2 heterocycles. The molecule has 214 valence electrons. The molecular weight excluding hydrogens is 556 g/mol. The molecule has 0 aliphatic heterocycles. The quantitative estimate of drug-likeness (QED) is 0.213. The van der Waals surface area contributed by atoms with E-state index in [-0.39, 0.29) is 0 Å². The summed E-state index contributed by atoms with van der Waals surface area (Å²) in [5, 5.41) is 10.1.